The molecule has 2 rings (SSSR count). The number of hydrogen-bond acceptors (Lipinski definition) is 3. The van der Waals surface area contributed by atoms with Gasteiger partial charge in [0.05, 0.1) is 23.9 Å². The van der Waals surface area contributed by atoms with Gasteiger partial charge in [0, 0.05) is 12.2 Å². The lowest BCUT2D eigenvalue weighted by Gasteiger charge is -2.20. The predicted molar refractivity (Wildman–Crippen MR) is 65.0 cm³/mol. The fraction of sp³-hybridized carbons (Fsp3) is 0.538. The van der Waals surface area contributed by atoms with E-state index >= 15 is 0 Å². The first-order valence-corrected chi connectivity index (χ1v) is 5.92. The Balaban J connectivity index is 2.67. The van der Waals surface area contributed by atoms with Gasteiger partial charge in [-0.25, -0.2) is 0 Å². The Bertz CT molecular complexity index is 483. The minimum Gasteiger partial charge on any atom is -0.394 e. The Morgan fingerprint density at radius 1 is 1.29 bits per heavy atom. The van der Waals surface area contributed by atoms with E-state index in [1.807, 2.05) is 27.7 Å². The molecule has 4 heteroatoms. The summed E-state index contributed by atoms with van der Waals surface area (Å²) in [6, 6.07) is -0.277. The number of amides is 1. The molecule has 0 aromatic carbocycles. The second kappa shape index (κ2) is 4.11. The number of aliphatic hydroxyl groups is 1. The summed E-state index contributed by atoms with van der Waals surface area (Å²) >= 11 is 0. The molecule has 1 aliphatic rings. The zero-order chi connectivity index (χ0) is 12.7. The third-order valence-electron chi connectivity index (χ3n) is 3.70. The van der Waals surface area contributed by atoms with Crippen molar-refractivity contribution in [3.63, 3.8) is 0 Å². The highest BCUT2D eigenvalue weighted by Gasteiger charge is 2.38. The highest BCUT2D eigenvalue weighted by atomic mass is 16.3. The molecule has 1 atom stereocenters. The van der Waals surface area contributed by atoms with Crippen molar-refractivity contribution in [3.8, 4) is 0 Å². The van der Waals surface area contributed by atoms with Crippen molar-refractivity contribution in [1.29, 1.82) is 0 Å². The molecular weight excluding hydrogens is 216 g/mol. The van der Waals surface area contributed by atoms with Crippen molar-refractivity contribution in [2.45, 2.75) is 33.7 Å². The zero-order valence-electron chi connectivity index (χ0n) is 10.7. The van der Waals surface area contributed by atoms with Crippen LogP contribution in [0.2, 0.25) is 0 Å². The number of aryl methyl sites for hydroxylation is 1. The Kier molecular flexibility index (Phi) is 2.91. The number of aromatic nitrogens is 1. The Labute approximate surface area is 101 Å². The van der Waals surface area contributed by atoms with Crippen molar-refractivity contribution in [2.24, 2.45) is 0 Å². The molecule has 1 aliphatic heterocycles. The van der Waals surface area contributed by atoms with E-state index in [1.165, 1.54) is 0 Å². The first-order chi connectivity index (χ1) is 8.02. The number of likely N-dealkylation sites (N-methyl/N-ethyl adjacent to an activating group) is 1. The molecule has 0 saturated carbocycles. The molecule has 0 spiro atoms. The molecule has 0 aliphatic carbocycles. The maximum atomic E-state index is 12.3. The average molecular weight is 234 g/mol. The first-order valence-electron chi connectivity index (χ1n) is 5.92. The van der Waals surface area contributed by atoms with Crippen LogP contribution in [0.25, 0.3) is 0 Å². The Morgan fingerprint density at radius 2 is 1.94 bits per heavy atom. The fourth-order valence-electron chi connectivity index (χ4n) is 2.46. The lowest BCUT2D eigenvalue weighted by atomic mass is 10.0. The molecule has 0 bridgehead atoms. The molecule has 92 valence electrons. The standard InChI is InChI=1S/C13H18N2O2/c1-5-15-10(6-16)12-11(13(15)17)8(3)7(2)9(4)14-12/h10,16H,5-6H2,1-4H3/t10-/m0/s1. The van der Waals surface area contributed by atoms with E-state index < -0.39 is 0 Å². The van der Waals surface area contributed by atoms with E-state index in [0.29, 0.717) is 12.1 Å². The molecule has 0 unspecified atom stereocenters. The molecule has 17 heavy (non-hydrogen) atoms. The quantitative estimate of drug-likeness (QED) is 0.844. The van der Waals surface area contributed by atoms with E-state index in [0.717, 1.165) is 22.5 Å². The van der Waals surface area contributed by atoms with Gasteiger partial charge in [-0.15, -0.1) is 0 Å². The van der Waals surface area contributed by atoms with Crippen LogP contribution in [0.4, 0.5) is 0 Å². The largest absolute Gasteiger partial charge is 0.394 e. The second-order valence-corrected chi connectivity index (χ2v) is 4.50. The third kappa shape index (κ3) is 1.55. The van der Waals surface area contributed by atoms with Crippen molar-refractivity contribution in [2.75, 3.05) is 13.2 Å². The minimum atomic E-state index is -0.277. The van der Waals surface area contributed by atoms with Gasteiger partial charge in [0.25, 0.3) is 5.91 Å². The number of carbonyl (C=O) groups excluding carboxylic acids is 1. The number of carbonyl (C=O) groups is 1. The Hall–Kier alpha value is -1.42. The summed E-state index contributed by atoms with van der Waals surface area (Å²) in [7, 11) is 0. The van der Waals surface area contributed by atoms with E-state index in [9.17, 15) is 9.90 Å². The number of pyridine rings is 1. The summed E-state index contributed by atoms with van der Waals surface area (Å²) in [4.78, 5) is 18.4. The number of nitrogens with zero attached hydrogens (tertiary/aromatic N) is 2. The van der Waals surface area contributed by atoms with Gasteiger partial charge in [0.2, 0.25) is 0 Å². The topological polar surface area (TPSA) is 53.4 Å². The first kappa shape index (κ1) is 12.0. The smallest absolute Gasteiger partial charge is 0.256 e. The highest BCUT2D eigenvalue weighted by Crippen LogP contribution is 2.35. The van der Waals surface area contributed by atoms with Gasteiger partial charge in [-0.05, 0) is 38.8 Å². The summed E-state index contributed by atoms with van der Waals surface area (Å²) in [6.45, 7) is 8.32. The molecule has 1 N–H and O–H groups in total. The fourth-order valence-corrected chi connectivity index (χ4v) is 2.46. The highest BCUT2D eigenvalue weighted by molar-refractivity contribution is 6.00. The summed E-state index contributed by atoms with van der Waals surface area (Å²) in [5, 5.41) is 9.45. The zero-order valence-corrected chi connectivity index (χ0v) is 10.7. The second-order valence-electron chi connectivity index (χ2n) is 4.50. The molecule has 0 radical (unpaired) electrons. The molecule has 0 fully saturated rings. The molecule has 4 nitrogen and oxygen atoms in total. The van der Waals surface area contributed by atoms with Gasteiger partial charge < -0.3 is 10.0 Å². The number of aliphatic hydroxyl groups excluding tert-OH is 1. The van der Waals surface area contributed by atoms with E-state index in [1.54, 1.807) is 4.90 Å². The van der Waals surface area contributed by atoms with Crippen molar-refractivity contribution < 1.29 is 9.90 Å². The van der Waals surface area contributed by atoms with Crippen LogP contribution in [-0.4, -0.2) is 34.0 Å². The van der Waals surface area contributed by atoms with Crippen molar-refractivity contribution in [1.82, 2.24) is 9.88 Å². The van der Waals surface area contributed by atoms with Crippen LogP contribution in [-0.2, 0) is 0 Å². The van der Waals surface area contributed by atoms with E-state index in [-0.39, 0.29) is 18.6 Å². The van der Waals surface area contributed by atoms with Gasteiger partial charge in [0.15, 0.2) is 0 Å². The third-order valence-corrected chi connectivity index (χ3v) is 3.70. The lowest BCUT2D eigenvalue weighted by molar-refractivity contribution is 0.0666. The number of fused-ring (bicyclic) bond motifs is 1. The minimum absolute atomic E-state index is 0.00495. The van der Waals surface area contributed by atoms with Crippen LogP contribution in [0.15, 0.2) is 0 Å². The monoisotopic (exact) mass is 234 g/mol. The summed E-state index contributed by atoms with van der Waals surface area (Å²) in [5.41, 5.74) is 4.41. The average Bonchev–Trinajstić information content (AvgIpc) is 2.58. The van der Waals surface area contributed by atoms with Gasteiger partial charge in [-0.1, -0.05) is 0 Å². The summed E-state index contributed by atoms with van der Waals surface area (Å²) < 4.78 is 0. The van der Waals surface area contributed by atoms with Crippen LogP contribution in [0.5, 0.6) is 0 Å². The van der Waals surface area contributed by atoms with E-state index in [4.69, 9.17) is 0 Å². The van der Waals surface area contributed by atoms with Gasteiger partial charge in [-0.3, -0.25) is 9.78 Å². The Morgan fingerprint density at radius 3 is 2.47 bits per heavy atom. The molecule has 1 amide bonds. The molecular formula is C13H18N2O2. The van der Waals surface area contributed by atoms with Gasteiger partial charge in [-0.2, -0.15) is 0 Å². The lowest BCUT2D eigenvalue weighted by Crippen LogP contribution is -2.29. The van der Waals surface area contributed by atoms with E-state index in [2.05, 4.69) is 4.98 Å². The van der Waals surface area contributed by atoms with Crippen LogP contribution < -0.4 is 0 Å². The molecule has 1 aromatic heterocycles. The van der Waals surface area contributed by atoms with Crippen LogP contribution in [0.3, 0.4) is 0 Å². The van der Waals surface area contributed by atoms with Crippen molar-refractivity contribution >= 4 is 5.91 Å². The summed E-state index contributed by atoms with van der Waals surface area (Å²) in [6.07, 6.45) is 0. The van der Waals surface area contributed by atoms with Crippen LogP contribution in [0.1, 0.15) is 45.8 Å². The molecule has 1 aromatic rings. The SMILES string of the molecule is CCN1C(=O)c2c(nc(C)c(C)c2C)[C@@H]1CO. The normalized spacial score (nSPS) is 18.8. The van der Waals surface area contributed by atoms with Crippen molar-refractivity contribution in [3.05, 3.63) is 28.1 Å². The maximum Gasteiger partial charge on any atom is 0.256 e. The maximum absolute atomic E-state index is 12.3. The van der Waals surface area contributed by atoms with Crippen LogP contribution >= 0.6 is 0 Å². The molecule has 2 heterocycles. The number of rotatable bonds is 2. The van der Waals surface area contributed by atoms with Gasteiger partial charge >= 0.3 is 0 Å². The van der Waals surface area contributed by atoms with Gasteiger partial charge in [0.1, 0.15) is 0 Å². The predicted octanol–water partition coefficient (Wildman–Crippen LogP) is 1.52. The molecule has 0 saturated heterocycles. The number of hydrogen-bond donors (Lipinski definition) is 1. The van der Waals surface area contributed by atoms with Crippen LogP contribution in [0, 0.1) is 20.8 Å². The summed E-state index contributed by atoms with van der Waals surface area (Å²) in [5.74, 6) is -0.00495.